The number of hydrogen-bond donors (Lipinski definition) is 1. The fourth-order valence-electron chi connectivity index (χ4n) is 1.16. The molecular formula is C10H11NO2S3. The van der Waals surface area contributed by atoms with Gasteiger partial charge in [-0.25, -0.2) is 8.42 Å². The molecule has 6 heteroatoms. The molecule has 0 fully saturated rings. The van der Waals surface area contributed by atoms with E-state index in [4.69, 9.17) is 5.26 Å². The number of nitrogens with zero attached hydrogens (tertiary/aromatic N) is 1. The summed E-state index contributed by atoms with van der Waals surface area (Å²) < 4.78 is 23.9. The van der Waals surface area contributed by atoms with Gasteiger partial charge in [-0.05, 0) is 32.0 Å². The van der Waals surface area contributed by atoms with Gasteiger partial charge in [-0.15, -0.1) is 11.7 Å². The van der Waals surface area contributed by atoms with Crippen LogP contribution in [0.3, 0.4) is 0 Å². The molecule has 1 rings (SSSR count). The smallest absolute Gasteiger partial charge is 0.181 e. The van der Waals surface area contributed by atoms with Crippen LogP contribution < -0.4 is 0 Å². The van der Waals surface area contributed by atoms with Crippen LogP contribution in [0.5, 0.6) is 0 Å². The first kappa shape index (κ1) is 13.4. The number of hydrogen-bond acceptors (Lipinski definition) is 5. The third-order valence-corrected chi connectivity index (χ3v) is 5.41. The molecule has 0 bridgehead atoms. The molecule has 0 saturated carbocycles. The van der Waals surface area contributed by atoms with Crippen LogP contribution in [-0.2, 0) is 9.84 Å². The van der Waals surface area contributed by atoms with Crippen LogP contribution >= 0.6 is 22.5 Å². The van der Waals surface area contributed by atoms with Crippen molar-refractivity contribution in [3.05, 3.63) is 23.8 Å². The molecule has 0 saturated heterocycles. The highest BCUT2D eigenvalue weighted by molar-refractivity contribution is 8.68. The second-order valence-electron chi connectivity index (χ2n) is 3.45. The number of sulfone groups is 1. The van der Waals surface area contributed by atoms with E-state index >= 15 is 0 Å². The summed E-state index contributed by atoms with van der Waals surface area (Å²) in [7, 11) is -2.23. The largest absolute Gasteiger partial charge is 0.223 e. The van der Waals surface area contributed by atoms with Crippen molar-refractivity contribution >= 4 is 32.3 Å². The zero-order chi connectivity index (χ0) is 12.3. The Morgan fingerprint density at radius 1 is 1.44 bits per heavy atom. The quantitative estimate of drug-likeness (QED) is 0.679. The summed E-state index contributed by atoms with van der Waals surface area (Å²) in [5.41, 5.74) is 0.174. The van der Waals surface area contributed by atoms with E-state index in [0.717, 1.165) is 4.90 Å². The van der Waals surface area contributed by atoms with E-state index in [1.165, 1.54) is 22.9 Å². The van der Waals surface area contributed by atoms with Crippen LogP contribution in [-0.4, -0.2) is 13.7 Å². The van der Waals surface area contributed by atoms with Gasteiger partial charge in [0, 0.05) is 4.90 Å². The van der Waals surface area contributed by atoms with E-state index in [1.54, 1.807) is 19.9 Å². The molecule has 1 aromatic rings. The highest BCUT2D eigenvalue weighted by atomic mass is 33.1. The van der Waals surface area contributed by atoms with E-state index in [9.17, 15) is 8.42 Å². The topological polar surface area (TPSA) is 57.9 Å². The minimum Gasteiger partial charge on any atom is -0.223 e. The van der Waals surface area contributed by atoms with E-state index in [0.29, 0.717) is 0 Å². The number of rotatable bonds is 3. The molecular weight excluding hydrogens is 262 g/mol. The molecule has 0 spiro atoms. The van der Waals surface area contributed by atoms with Crippen molar-refractivity contribution in [3.63, 3.8) is 0 Å². The molecule has 0 aliphatic rings. The maximum atomic E-state index is 11.9. The van der Waals surface area contributed by atoms with Crippen LogP contribution in [0.25, 0.3) is 0 Å². The van der Waals surface area contributed by atoms with Crippen molar-refractivity contribution in [2.75, 3.05) is 0 Å². The van der Waals surface area contributed by atoms with Crippen molar-refractivity contribution in [3.8, 4) is 6.07 Å². The van der Waals surface area contributed by atoms with Crippen molar-refractivity contribution in [2.24, 2.45) is 0 Å². The molecule has 0 radical (unpaired) electrons. The van der Waals surface area contributed by atoms with Gasteiger partial charge >= 0.3 is 0 Å². The molecule has 0 atom stereocenters. The van der Waals surface area contributed by atoms with Crippen LogP contribution in [0.2, 0.25) is 0 Å². The van der Waals surface area contributed by atoms with Gasteiger partial charge in [0.2, 0.25) is 0 Å². The Labute approximate surface area is 105 Å². The van der Waals surface area contributed by atoms with Crippen molar-refractivity contribution in [1.82, 2.24) is 0 Å². The maximum absolute atomic E-state index is 11.9. The minimum atomic E-state index is -3.40. The SMILES string of the molecule is CC(C)S(=O)(=O)c1ccc(SS)cc1C#N. The summed E-state index contributed by atoms with van der Waals surface area (Å²) in [6.45, 7) is 3.19. The van der Waals surface area contributed by atoms with E-state index < -0.39 is 15.1 Å². The van der Waals surface area contributed by atoms with Crippen LogP contribution in [0.4, 0.5) is 0 Å². The van der Waals surface area contributed by atoms with Gasteiger partial charge in [0.15, 0.2) is 9.84 Å². The summed E-state index contributed by atoms with van der Waals surface area (Å²) in [6.07, 6.45) is 0. The molecule has 0 unspecified atom stereocenters. The number of thiol groups is 1. The Hall–Kier alpha value is -0.640. The lowest BCUT2D eigenvalue weighted by Crippen LogP contribution is -2.15. The van der Waals surface area contributed by atoms with Crippen molar-refractivity contribution < 1.29 is 8.42 Å². The lowest BCUT2D eigenvalue weighted by molar-refractivity contribution is 0.587. The highest BCUT2D eigenvalue weighted by Crippen LogP contribution is 2.27. The summed E-state index contributed by atoms with van der Waals surface area (Å²) in [6, 6.07) is 6.55. The van der Waals surface area contributed by atoms with Crippen molar-refractivity contribution in [2.45, 2.75) is 28.9 Å². The number of benzene rings is 1. The number of nitriles is 1. The Bertz CT molecular complexity index is 529. The van der Waals surface area contributed by atoms with Gasteiger partial charge in [0.1, 0.15) is 6.07 Å². The second kappa shape index (κ2) is 5.13. The Kier molecular flexibility index (Phi) is 4.30. The first-order chi connectivity index (χ1) is 7.43. The van der Waals surface area contributed by atoms with Gasteiger partial charge in [-0.1, -0.05) is 10.8 Å². The van der Waals surface area contributed by atoms with Crippen LogP contribution in [0, 0.1) is 11.3 Å². The monoisotopic (exact) mass is 273 g/mol. The molecule has 0 aliphatic carbocycles. The summed E-state index contributed by atoms with van der Waals surface area (Å²) in [5.74, 6) is 0. The average molecular weight is 273 g/mol. The molecule has 0 aliphatic heterocycles. The van der Waals surface area contributed by atoms with Gasteiger partial charge in [-0.2, -0.15) is 5.26 Å². The fourth-order valence-corrected chi connectivity index (χ4v) is 2.97. The predicted molar refractivity (Wildman–Crippen MR) is 68.3 cm³/mol. The molecule has 86 valence electrons. The normalized spacial score (nSPS) is 11.4. The van der Waals surface area contributed by atoms with E-state index in [-0.39, 0.29) is 10.5 Å². The zero-order valence-corrected chi connectivity index (χ0v) is 11.4. The maximum Gasteiger partial charge on any atom is 0.181 e. The highest BCUT2D eigenvalue weighted by Gasteiger charge is 2.22. The third kappa shape index (κ3) is 2.54. The second-order valence-corrected chi connectivity index (χ2v) is 7.13. The van der Waals surface area contributed by atoms with Gasteiger partial charge in [0.05, 0.1) is 15.7 Å². The molecule has 0 aromatic heterocycles. The predicted octanol–water partition coefficient (Wildman–Crippen LogP) is 2.68. The van der Waals surface area contributed by atoms with Gasteiger partial charge in [0.25, 0.3) is 0 Å². The lowest BCUT2D eigenvalue weighted by Gasteiger charge is -2.09. The zero-order valence-electron chi connectivity index (χ0n) is 8.84. The van der Waals surface area contributed by atoms with E-state index in [1.807, 2.05) is 6.07 Å². The molecule has 0 N–H and O–H groups in total. The van der Waals surface area contributed by atoms with E-state index in [2.05, 4.69) is 11.7 Å². The molecule has 16 heavy (non-hydrogen) atoms. The average Bonchev–Trinajstić information content (AvgIpc) is 2.27. The molecule has 0 amide bonds. The van der Waals surface area contributed by atoms with Gasteiger partial charge < -0.3 is 0 Å². The summed E-state index contributed by atoms with van der Waals surface area (Å²) in [4.78, 5) is 0.846. The Morgan fingerprint density at radius 3 is 2.50 bits per heavy atom. The first-order valence-electron chi connectivity index (χ1n) is 4.53. The third-order valence-electron chi connectivity index (χ3n) is 2.10. The van der Waals surface area contributed by atoms with Crippen molar-refractivity contribution in [1.29, 1.82) is 5.26 Å². The minimum absolute atomic E-state index is 0.0936. The van der Waals surface area contributed by atoms with Crippen LogP contribution in [0.1, 0.15) is 19.4 Å². The first-order valence-corrected chi connectivity index (χ1v) is 7.94. The lowest BCUT2D eigenvalue weighted by atomic mass is 10.2. The van der Waals surface area contributed by atoms with Crippen LogP contribution in [0.15, 0.2) is 28.0 Å². The Balaban J connectivity index is 3.43. The summed E-state index contributed by atoms with van der Waals surface area (Å²) >= 11 is 4.00. The Morgan fingerprint density at radius 2 is 2.06 bits per heavy atom. The van der Waals surface area contributed by atoms with Gasteiger partial charge in [-0.3, -0.25) is 0 Å². The summed E-state index contributed by atoms with van der Waals surface area (Å²) in [5, 5.41) is 8.40. The fraction of sp³-hybridized carbons (Fsp3) is 0.300. The molecule has 3 nitrogen and oxygen atoms in total. The molecule has 0 heterocycles. The standard InChI is InChI=1S/C10H11NO2S3/c1-7(2)16(12,13)10-4-3-9(15-14)5-8(10)6-11/h3-5,7,14H,1-2H3. The molecule has 1 aromatic carbocycles.